The van der Waals surface area contributed by atoms with Gasteiger partial charge in [-0.15, -0.1) is 0 Å². The standard InChI is InChI=1S/C58H95NO7/c1-6-8-10-12-14-16-18-20-22-24-26-28-29-31-33-35-37-39-41-43-45-47-49-57(61)66-54(52-64-51-50-55(58(62)63)59(3,4)5)53-65-56(60)48-46-44-42-40-38-36-34-32-30-27-25-23-21-19-17-15-13-11-9-7-2/h8-11,14-17,20-23,26,28,31,33,37,39,54-55H,6-7,12-13,18-19,24-25,27,29-30,32,34-36,38,40-53H2,1-5H3/p+1/b10-8+,11-9+,16-14+,17-15+,22-20+,23-21+,28-26+,33-31+,39-37+. The summed E-state index contributed by atoms with van der Waals surface area (Å²) in [5.41, 5.74) is 0. The first kappa shape index (κ1) is 62.0. The first-order chi connectivity index (χ1) is 32.1. The smallest absolute Gasteiger partial charge is 0.362 e. The molecule has 2 unspecified atom stereocenters. The number of carbonyl (C=O) groups is 3. The summed E-state index contributed by atoms with van der Waals surface area (Å²) in [6.07, 6.45) is 65.7. The molecule has 0 fully saturated rings. The summed E-state index contributed by atoms with van der Waals surface area (Å²) >= 11 is 0. The minimum absolute atomic E-state index is 0.0394. The van der Waals surface area contributed by atoms with E-state index in [0.717, 1.165) is 96.3 Å². The van der Waals surface area contributed by atoms with Crippen molar-refractivity contribution in [1.29, 1.82) is 0 Å². The Balaban J connectivity index is 4.34. The van der Waals surface area contributed by atoms with Crippen molar-refractivity contribution >= 4 is 17.9 Å². The molecule has 0 rings (SSSR count). The molecule has 0 aliphatic rings. The van der Waals surface area contributed by atoms with Gasteiger partial charge in [0.05, 0.1) is 34.4 Å². The zero-order valence-electron chi connectivity index (χ0n) is 42.6. The Bertz CT molecular complexity index is 1440. The van der Waals surface area contributed by atoms with E-state index >= 15 is 0 Å². The number of rotatable bonds is 45. The Morgan fingerprint density at radius 3 is 1.20 bits per heavy atom. The van der Waals surface area contributed by atoms with Gasteiger partial charge in [0.25, 0.3) is 0 Å². The van der Waals surface area contributed by atoms with Gasteiger partial charge in [-0.05, 0) is 96.3 Å². The Hall–Kier alpha value is -4.01. The molecule has 0 heterocycles. The summed E-state index contributed by atoms with van der Waals surface area (Å²) in [6, 6.07) is -0.629. The van der Waals surface area contributed by atoms with Gasteiger partial charge in [-0.1, -0.05) is 181 Å². The number of nitrogens with zero attached hydrogens (tertiary/aromatic N) is 1. The molecule has 66 heavy (non-hydrogen) atoms. The molecule has 1 N–H and O–H groups in total. The molecule has 2 atom stereocenters. The largest absolute Gasteiger partial charge is 0.477 e. The first-order valence-corrected chi connectivity index (χ1v) is 25.9. The van der Waals surface area contributed by atoms with Crippen molar-refractivity contribution < 1.29 is 38.2 Å². The van der Waals surface area contributed by atoms with Gasteiger partial charge in [0.2, 0.25) is 0 Å². The zero-order valence-corrected chi connectivity index (χ0v) is 42.6. The highest BCUT2D eigenvalue weighted by Gasteiger charge is 2.31. The number of ether oxygens (including phenoxy) is 3. The van der Waals surface area contributed by atoms with Crippen LogP contribution in [-0.4, -0.2) is 80.6 Å². The lowest BCUT2D eigenvalue weighted by Crippen LogP contribution is -2.50. The van der Waals surface area contributed by atoms with Gasteiger partial charge in [0.15, 0.2) is 12.1 Å². The maximum Gasteiger partial charge on any atom is 0.362 e. The minimum Gasteiger partial charge on any atom is -0.477 e. The summed E-state index contributed by atoms with van der Waals surface area (Å²) in [5.74, 6) is -1.53. The van der Waals surface area contributed by atoms with Crippen molar-refractivity contribution in [3.8, 4) is 0 Å². The van der Waals surface area contributed by atoms with Crippen molar-refractivity contribution in [1.82, 2.24) is 0 Å². The van der Waals surface area contributed by atoms with E-state index in [1.807, 2.05) is 21.1 Å². The number of hydrogen-bond acceptors (Lipinski definition) is 6. The second kappa shape index (κ2) is 47.5. The minimum atomic E-state index is -0.885. The molecule has 0 aliphatic heterocycles. The molecule has 0 saturated carbocycles. The van der Waals surface area contributed by atoms with Crippen LogP contribution in [0.15, 0.2) is 109 Å². The SMILES string of the molecule is CC/C=C/C/C=C/C/C=C/C/C=C/C/C=C/C/C=C/CCCCCC(=O)OC(COCCC(C(=O)O)[N+](C)(C)C)COC(=O)CCCCCCCCCCCC/C=C/C/C=C/C/C=C/CC. The number of esters is 2. The molecule has 0 amide bonds. The molecular weight excluding hydrogens is 823 g/mol. The van der Waals surface area contributed by atoms with Gasteiger partial charge in [-0.25, -0.2) is 4.79 Å². The van der Waals surface area contributed by atoms with E-state index in [1.165, 1.54) is 51.4 Å². The lowest BCUT2D eigenvalue weighted by atomic mass is 10.1. The number of unbranched alkanes of at least 4 members (excludes halogenated alkanes) is 13. The summed E-state index contributed by atoms with van der Waals surface area (Å²) in [6.45, 7) is 4.47. The second-order valence-electron chi connectivity index (χ2n) is 18.0. The average Bonchev–Trinajstić information content (AvgIpc) is 3.28. The number of carbonyl (C=O) groups excluding carboxylic acids is 2. The first-order valence-electron chi connectivity index (χ1n) is 25.9. The number of allylic oxidation sites excluding steroid dienone is 18. The molecule has 0 aliphatic carbocycles. The number of quaternary nitrogens is 1. The summed E-state index contributed by atoms with van der Waals surface area (Å²) < 4.78 is 17.3. The fourth-order valence-corrected chi connectivity index (χ4v) is 6.99. The molecule has 0 spiro atoms. The van der Waals surface area contributed by atoms with Crippen LogP contribution in [0.25, 0.3) is 0 Å². The van der Waals surface area contributed by atoms with Crippen LogP contribution in [-0.2, 0) is 28.6 Å². The third kappa shape index (κ3) is 45.2. The average molecular weight is 919 g/mol. The van der Waals surface area contributed by atoms with E-state index in [-0.39, 0.29) is 42.7 Å². The number of carboxylic acids is 1. The maximum absolute atomic E-state index is 12.8. The zero-order chi connectivity index (χ0) is 48.4. The molecule has 8 heteroatoms. The molecule has 0 aromatic rings. The topological polar surface area (TPSA) is 99.1 Å². The summed E-state index contributed by atoms with van der Waals surface area (Å²) in [7, 11) is 5.51. The summed E-state index contributed by atoms with van der Waals surface area (Å²) in [5, 5.41) is 9.66. The molecule has 0 radical (unpaired) electrons. The van der Waals surface area contributed by atoms with Crippen LogP contribution in [0.3, 0.4) is 0 Å². The van der Waals surface area contributed by atoms with Crippen LogP contribution in [0.5, 0.6) is 0 Å². The van der Waals surface area contributed by atoms with Crippen LogP contribution in [0.1, 0.15) is 187 Å². The van der Waals surface area contributed by atoms with Crippen LogP contribution in [0.4, 0.5) is 0 Å². The Morgan fingerprint density at radius 1 is 0.455 bits per heavy atom. The fraction of sp³-hybridized carbons (Fsp3) is 0.638. The highest BCUT2D eigenvalue weighted by molar-refractivity contribution is 5.72. The van der Waals surface area contributed by atoms with E-state index < -0.39 is 18.1 Å². The quantitative estimate of drug-likeness (QED) is 0.0281. The van der Waals surface area contributed by atoms with E-state index in [2.05, 4.69) is 123 Å². The van der Waals surface area contributed by atoms with Crippen molar-refractivity contribution in [2.75, 3.05) is 41.0 Å². The number of hydrogen-bond donors (Lipinski definition) is 1. The van der Waals surface area contributed by atoms with Crippen LogP contribution in [0.2, 0.25) is 0 Å². The van der Waals surface area contributed by atoms with Crippen LogP contribution in [0, 0.1) is 0 Å². The van der Waals surface area contributed by atoms with Gasteiger partial charge >= 0.3 is 17.9 Å². The second-order valence-corrected chi connectivity index (χ2v) is 18.0. The lowest BCUT2D eigenvalue weighted by Gasteiger charge is -2.31. The van der Waals surface area contributed by atoms with Gasteiger partial charge in [0, 0.05) is 19.3 Å². The van der Waals surface area contributed by atoms with Crippen LogP contribution >= 0.6 is 0 Å². The predicted octanol–water partition coefficient (Wildman–Crippen LogP) is 15.2. The fourth-order valence-electron chi connectivity index (χ4n) is 6.99. The molecular formula is C58H96NO7+. The Morgan fingerprint density at radius 2 is 0.803 bits per heavy atom. The van der Waals surface area contributed by atoms with E-state index in [4.69, 9.17) is 14.2 Å². The van der Waals surface area contributed by atoms with E-state index in [1.54, 1.807) is 0 Å². The van der Waals surface area contributed by atoms with Crippen molar-refractivity contribution in [3.63, 3.8) is 0 Å². The third-order valence-corrected chi connectivity index (χ3v) is 10.9. The lowest BCUT2D eigenvalue weighted by molar-refractivity contribution is -0.887. The van der Waals surface area contributed by atoms with E-state index in [9.17, 15) is 19.5 Å². The highest BCUT2D eigenvalue weighted by Crippen LogP contribution is 2.14. The number of aliphatic carboxylic acids is 1. The number of likely N-dealkylation sites (N-methyl/N-ethyl adjacent to an activating group) is 1. The Kier molecular flexibility index (Phi) is 44.6. The number of carboxylic acid groups (broad SMARTS) is 1. The van der Waals surface area contributed by atoms with Crippen molar-refractivity contribution in [2.24, 2.45) is 0 Å². The van der Waals surface area contributed by atoms with Gasteiger partial charge in [0.1, 0.15) is 6.61 Å². The molecule has 0 aromatic heterocycles. The van der Waals surface area contributed by atoms with Gasteiger partial charge in [-0.2, -0.15) is 0 Å². The summed E-state index contributed by atoms with van der Waals surface area (Å²) in [4.78, 5) is 37.2. The van der Waals surface area contributed by atoms with Crippen molar-refractivity contribution in [2.45, 2.75) is 199 Å². The van der Waals surface area contributed by atoms with Gasteiger partial charge in [-0.3, -0.25) is 9.59 Å². The van der Waals surface area contributed by atoms with E-state index in [0.29, 0.717) is 19.3 Å². The molecule has 8 nitrogen and oxygen atoms in total. The van der Waals surface area contributed by atoms with Gasteiger partial charge < -0.3 is 23.8 Å². The predicted molar refractivity (Wildman–Crippen MR) is 279 cm³/mol. The van der Waals surface area contributed by atoms with Crippen LogP contribution < -0.4 is 0 Å². The highest BCUT2D eigenvalue weighted by atomic mass is 16.6. The molecule has 0 saturated heterocycles. The van der Waals surface area contributed by atoms with Crippen molar-refractivity contribution in [3.05, 3.63) is 109 Å². The third-order valence-electron chi connectivity index (χ3n) is 10.9. The Labute approximate surface area is 404 Å². The molecule has 0 aromatic carbocycles. The normalized spacial score (nSPS) is 13.8. The monoisotopic (exact) mass is 919 g/mol. The molecule has 0 bridgehead atoms. The molecule has 374 valence electrons. The maximum atomic E-state index is 12.8.